The van der Waals surface area contributed by atoms with E-state index in [1.165, 1.54) is 6.07 Å². The Bertz CT molecular complexity index is 613. The summed E-state index contributed by atoms with van der Waals surface area (Å²) in [5, 5.41) is 0. The number of rotatable bonds is 2. The summed E-state index contributed by atoms with van der Waals surface area (Å²) in [7, 11) is 0. The quantitative estimate of drug-likeness (QED) is 0.651. The van der Waals surface area contributed by atoms with Crippen molar-refractivity contribution in [3.8, 4) is 0 Å². The minimum atomic E-state index is -4.40. The van der Waals surface area contributed by atoms with Gasteiger partial charge in [-0.15, -0.1) is 0 Å². The molecule has 3 rings (SSSR count). The molecule has 0 atom stereocenters. The molecule has 3 N–H and O–H groups in total. The molecule has 0 amide bonds. The van der Waals surface area contributed by atoms with Crippen LogP contribution in [0.1, 0.15) is 30.9 Å². The zero-order chi connectivity index (χ0) is 13.6. The van der Waals surface area contributed by atoms with Gasteiger partial charge in [0.15, 0.2) is 0 Å². The number of nitrogens with one attached hydrogen (secondary N) is 1. The van der Waals surface area contributed by atoms with Gasteiger partial charge in [-0.1, -0.05) is 6.07 Å². The lowest BCUT2D eigenvalue weighted by molar-refractivity contribution is -0.136. The number of imidazole rings is 1. The van der Waals surface area contributed by atoms with Crippen LogP contribution in [0.5, 0.6) is 0 Å². The maximum Gasteiger partial charge on any atom is 0.418 e. The molecule has 1 fully saturated rings. The van der Waals surface area contributed by atoms with Crippen molar-refractivity contribution in [1.82, 2.24) is 9.55 Å². The lowest BCUT2D eigenvalue weighted by atomic mass is 9.92. The van der Waals surface area contributed by atoms with Crippen LogP contribution in [-0.4, -0.2) is 9.55 Å². The second-order valence-electron chi connectivity index (χ2n) is 4.71. The van der Waals surface area contributed by atoms with Crippen molar-refractivity contribution in [3.05, 3.63) is 23.8 Å². The standard InChI is InChI=1S/C12H13F3N4/c13-12(14,15)8-5-2-6-9-10(8)19(7-3-1-4-7)11(17-9)18-16/h2,5-7H,1,3-4,16H2,(H,17,18). The van der Waals surface area contributed by atoms with Crippen LogP contribution in [0.3, 0.4) is 0 Å². The Morgan fingerprint density at radius 1 is 1.32 bits per heavy atom. The maximum absolute atomic E-state index is 13.1. The predicted molar refractivity (Wildman–Crippen MR) is 65.4 cm³/mol. The number of hydrazine groups is 1. The van der Waals surface area contributed by atoms with Crippen LogP contribution >= 0.6 is 0 Å². The van der Waals surface area contributed by atoms with Crippen LogP contribution in [0.15, 0.2) is 18.2 Å². The molecule has 4 nitrogen and oxygen atoms in total. The van der Waals surface area contributed by atoms with Gasteiger partial charge in [0.1, 0.15) is 0 Å². The second-order valence-corrected chi connectivity index (χ2v) is 4.71. The summed E-state index contributed by atoms with van der Waals surface area (Å²) in [4.78, 5) is 4.14. The van der Waals surface area contributed by atoms with Gasteiger partial charge in [-0.25, -0.2) is 10.8 Å². The Morgan fingerprint density at radius 2 is 2.05 bits per heavy atom. The van der Waals surface area contributed by atoms with E-state index in [0.717, 1.165) is 25.3 Å². The van der Waals surface area contributed by atoms with Gasteiger partial charge in [0, 0.05) is 6.04 Å². The molecule has 0 aliphatic heterocycles. The summed E-state index contributed by atoms with van der Waals surface area (Å²) in [6.07, 6.45) is -1.67. The van der Waals surface area contributed by atoms with E-state index < -0.39 is 11.7 Å². The number of para-hydroxylation sites is 1. The van der Waals surface area contributed by atoms with Gasteiger partial charge >= 0.3 is 6.18 Å². The van der Waals surface area contributed by atoms with Gasteiger partial charge in [0.05, 0.1) is 16.6 Å². The molecule has 19 heavy (non-hydrogen) atoms. The summed E-state index contributed by atoms with van der Waals surface area (Å²) in [5.41, 5.74) is 2.17. The van der Waals surface area contributed by atoms with Gasteiger partial charge in [-0.3, -0.25) is 5.43 Å². The van der Waals surface area contributed by atoms with E-state index in [9.17, 15) is 13.2 Å². The Labute approximate surface area is 107 Å². The molecule has 0 radical (unpaired) electrons. The fourth-order valence-corrected chi connectivity index (χ4v) is 2.48. The summed E-state index contributed by atoms with van der Waals surface area (Å²) in [6, 6.07) is 4.06. The molecule has 0 bridgehead atoms. The second kappa shape index (κ2) is 4.12. The van der Waals surface area contributed by atoms with Crippen molar-refractivity contribution in [2.75, 3.05) is 5.43 Å². The number of nitrogens with zero attached hydrogens (tertiary/aromatic N) is 2. The zero-order valence-electron chi connectivity index (χ0n) is 10.0. The molecule has 1 saturated carbocycles. The minimum Gasteiger partial charge on any atom is -0.306 e. The predicted octanol–water partition coefficient (Wildman–Crippen LogP) is 3.07. The number of anilines is 1. The zero-order valence-corrected chi connectivity index (χ0v) is 10.0. The summed E-state index contributed by atoms with van der Waals surface area (Å²) in [5.74, 6) is 5.66. The third-order valence-electron chi connectivity index (χ3n) is 3.58. The van der Waals surface area contributed by atoms with Crippen molar-refractivity contribution < 1.29 is 13.2 Å². The lowest BCUT2D eigenvalue weighted by Gasteiger charge is -2.29. The van der Waals surface area contributed by atoms with Crippen LogP contribution < -0.4 is 11.3 Å². The first-order chi connectivity index (χ1) is 9.02. The van der Waals surface area contributed by atoms with Crippen molar-refractivity contribution in [2.24, 2.45) is 5.84 Å². The highest BCUT2D eigenvalue weighted by atomic mass is 19.4. The van der Waals surface area contributed by atoms with Crippen molar-refractivity contribution >= 4 is 17.0 Å². The molecule has 1 aliphatic carbocycles. The smallest absolute Gasteiger partial charge is 0.306 e. The number of halogens is 3. The summed E-state index contributed by atoms with van der Waals surface area (Å²) >= 11 is 0. The normalized spacial score (nSPS) is 16.6. The van der Waals surface area contributed by atoms with E-state index in [-0.39, 0.29) is 17.5 Å². The minimum absolute atomic E-state index is 0.0412. The Hall–Kier alpha value is -1.76. The molecule has 102 valence electrons. The maximum atomic E-state index is 13.1. The molecular weight excluding hydrogens is 257 g/mol. The molecule has 0 unspecified atom stereocenters. The average Bonchev–Trinajstić information content (AvgIpc) is 2.64. The fraction of sp³-hybridized carbons (Fsp3) is 0.417. The number of alkyl halides is 3. The highest BCUT2D eigenvalue weighted by molar-refractivity contribution is 5.83. The first-order valence-electron chi connectivity index (χ1n) is 6.07. The highest BCUT2D eigenvalue weighted by Gasteiger charge is 2.36. The van der Waals surface area contributed by atoms with Gasteiger partial charge in [0.2, 0.25) is 5.95 Å². The molecular formula is C12H13F3N4. The van der Waals surface area contributed by atoms with Gasteiger partial charge < -0.3 is 4.57 Å². The monoisotopic (exact) mass is 270 g/mol. The summed E-state index contributed by atoms with van der Waals surface area (Å²) < 4.78 is 40.9. The van der Waals surface area contributed by atoms with Crippen LogP contribution in [0, 0.1) is 0 Å². The largest absolute Gasteiger partial charge is 0.418 e. The van der Waals surface area contributed by atoms with Crippen LogP contribution in [0.2, 0.25) is 0 Å². The van der Waals surface area contributed by atoms with E-state index in [1.54, 1.807) is 10.6 Å². The van der Waals surface area contributed by atoms with E-state index in [2.05, 4.69) is 10.4 Å². The van der Waals surface area contributed by atoms with Crippen LogP contribution in [0.25, 0.3) is 11.0 Å². The Morgan fingerprint density at radius 3 is 2.58 bits per heavy atom. The highest BCUT2D eigenvalue weighted by Crippen LogP contribution is 2.41. The molecule has 1 aromatic heterocycles. The number of fused-ring (bicyclic) bond motifs is 1. The molecule has 7 heteroatoms. The molecule has 0 saturated heterocycles. The van der Waals surface area contributed by atoms with Gasteiger partial charge in [0.25, 0.3) is 0 Å². The number of benzene rings is 1. The van der Waals surface area contributed by atoms with Crippen molar-refractivity contribution in [1.29, 1.82) is 0 Å². The number of nitrogens with two attached hydrogens (primary N) is 1. The van der Waals surface area contributed by atoms with Gasteiger partial charge in [-0.2, -0.15) is 13.2 Å². The molecule has 0 spiro atoms. The number of hydrogen-bond donors (Lipinski definition) is 2. The number of hydrogen-bond acceptors (Lipinski definition) is 3. The molecule has 1 aliphatic rings. The Kier molecular flexibility index (Phi) is 2.67. The first-order valence-corrected chi connectivity index (χ1v) is 6.07. The third-order valence-corrected chi connectivity index (χ3v) is 3.58. The van der Waals surface area contributed by atoms with Crippen LogP contribution in [0.4, 0.5) is 19.1 Å². The summed E-state index contributed by atoms with van der Waals surface area (Å²) in [6.45, 7) is 0. The van der Waals surface area contributed by atoms with Crippen molar-refractivity contribution in [3.63, 3.8) is 0 Å². The molecule has 1 heterocycles. The van der Waals surface area contributed by atoms with Crippen molar-refractivity contribution in [2.45, 2.75) is 31.5 Å². The lowest BCUT2D eigenvalue weighted by Crippen LogP contribution is -2.22. The van der Waals surface area contributed by atoms with E-state index >= 15 is 0 Å². The first kappa shape index (κ1) is 12.3. The number of nitrogen functional groups attached to an aromatic ring is 1. The van der Waals surface area contributed by atoms with E-state index in [4.69, 9.17) is 5.84 Å². The SMILES string of the molecule is NNc1nc2cccc(C(F)(F)F)c2n1C1CCC1. The topological polar surface area (TPSA) is 55.9 Å². The average molecular weight is 270 g/mol. The Balaban J connectivity index is 2.30. The van der Waals surface area contributed by atoms with Crippen LogP contribution in [-0.2, 0) is 6.18 Å². The van der Waals surface area contributed by atoms with E-state index in [1.807, 2.05) is 0 Å². The van der Waals surface area contributed by atoms with Gasteiger partial charge in [-0.05, 0) is 31.4 Å². The number of aromatic nitrogens is 2. The third kappa shape index (κ3) is 1.85. The van der Waals surface area contributed by atoms with E-state index in [0.29, 0.717) is 5.52 Å². The molecule has 1 aromatic carbocycles. The molecule has 2 aromatic rings. The fourth-order valence-electron chi connectivity index (χ4n) is 2.48.